The quantitative estimate of drug-likeness (QED) is 0.438. The Labute approximate surface area is 209 Å². The van der Waals surface area contributed by atoms with Gasteiger partial charge in [-0.2, -0.15) is 0 Å². The lowest BCUT2D eigenvalue weighted by molar-refractivity contribution is 0.0322. The minimum absolute atomic E-state index is 0.211. The summed E-state index contributed by atoms with van der Waals surface area (Å²) in [5, 5.41) is 14.2. The second-order valence-corrected chi connectivity index (χ2v) is 10.3. The molecule has 8 nitrogen and oxygen atoms in total. The number of carbonyl (C=O) groups is 1. The molecule has 2 aliphatic rings. The van der Waals surface area contributed by atoms with Crippen molar-refractivity contribution >= 4 is 33.1 Å². The summed E-state index contributed by atoms with van der Waals surface area (Å²) in [4.78, 5) is 20.0. The van der Waals surface area contributed by atoms with Gasteiger partial charge in [-0.1, -0.05) is 0 Å². The summed E-state index contributed by atoms with van der Waals surface area (Å²) in [5.41, 5.74) is 7.13. The molecule has 1 aliphatic heterocycles. The van der Waals surface area contributed by atoms with E-state index in [1.807, 2.05) is 24.3 Å². The van der Waals surface area contributed by atoms with Gasteiger partial charge in [0.1, 0.15) is 18.2 Å². The van der Waals surface area contributed by atoms with E-state index in [-0.39, 0.29) is 12.1 Å². The van der Waals surface area contributed by atoms with E-state index in [2.05, 4.69) is 21.3 Å². The van der Waals surface area contributed by atoms with Crippen molar-refractivity contribution in [1.29, 1.82) is 0 Å². The van der Waals surface area contributed by atoms with Crippen LogP contribution in [0.4, 0.5) is 5.82 Å². The largest absolute Gasteiger partial charge is 0.492 e. The number of morpholine rings is 1. The van der Waals surface area contributed by atoms with Gasteiger partial charge in [0.15, 0.2) is 0 Å². The molecule has 2 aromatic heterocycles. The topological polar surface area (TPSA) is 110 Å². The second-order valence-electron chi connectivity index (χ2n) is 9.21. The minimum atomic E-state index is -0.479. The van der Waals surface area contributed by atoms with Crippen LogP contribution in [0.2, 0.25) is 0 Å². The Bertz CT molecular complexity index is 1150. The number of anilines is 1. The molecule has 0 spiro atoms. The number of nitrogens with zero attached hydrogens (tertiary/aromatic N) is 2. The predicted octanol–water partition coefficient (Wildman–Crippen LogP) is 3.49. The number of thiophene rings is 1. The molecular weight excluding hydrogens is 464 g/mol. The summed E-state index contributed by atoms with van der Waals surface area (Å²) in [5.74, 6) is 1.12. The van der Waals surface area contributed by atoms with Crippen LogP contribution in [0.25, 0.3) is 20.5 Å². The third kappa shape index (κ3) is 5.75. The number of pyridine rings is 1. The van der Waals surface area contributed by atoms with Crippen molar-refractivity contribution in [3.63, 3.8) is 0 Å². The normalized spacial score (nSPS) is 21.2. The number of hydrogen-bond donors (Lipinski definition) is 3. The van der Waals surface area contributed by atoms with Crippen LogP contribution in [0.15, 0.2) is 36.5 Å². The van der Waals surface area contributed by atoms with Crippen molar-refractivity contribution in [3.8, 4) is 16.2 Å². The van der Waals surface area contributed by atoms with Crippen LogP contribution in [-0.2, 0) is 4.74 Å². The zero-order valence-corrected chi connectivity index (χ0v) is 20.6. The maximum atomic E-state index is 12.1. The fraction of sp³-hybridized carbons (Fsp3) is 0.462. The second kappa shape index (κ2) is 10.9. The van der Waals surface area contributed by atoms with Gasteiger partial charge < -0.3 is 25.6 Å². The van der Waals surface area contributed by atoms with Gasteiger partial charge in [0.2, 0.25) is 0 Å². The summed E-state index contributed by atoms with van der Waals surface area (Å²) < 4.78 is 12.2. The first kappa shape index (κ1) is 24.0. The van der Waals surface area contributed by atoms with Gasteiger partial charge >= 0.3 is 0 Å². The zero-order chi connectivity index (χ0) is 24.2. The van der Waals surface area contributed by atoms with Crippen LogP contribution < -0.4 is 15.8 Å². The zero-order valence-electron chi connectivity index (χ0n) is 19.7. The van der Waals surface area contributed by atoms with E-state index in [9.17, 15) is 9.90 Å². The van der Waals surface area contributed by atoms with E-state index in [0.717, 1.165) is 90.6 Å². The first-order valence-electron chi connectivity index (χ1n) is 12.3. The SMILES string of the molecule is NC(=O)c1cnc(NC2CCC(O)CC2)c2cc(-c3ccc(OCCN4CCOCC4)cc3)sc12. The molecule has 1 saturated heterocycles. The molecule has 5 rings (SSSR count). The van der Waals surface area contributed by atoms with Crippen LogP contribution in [0.5, 0.6) is 5.75 Å². The first-order chi connectivity index (χ1) is 17.1. The molecule has 0 radical (unpaired) electrons. The lowest BCUT2D eigenvalue weighted by Gasteiger charge is -2.26. The van der Waals surface area contributed by atoms with E-state index in [1.165, 1.54) is 0 Å². The van der Waals surface area contributed by atoms with Gasteiger partial charge in [0.25, 0.3) is 5.91 Å². The average molecular weight is 497 g/mol. The molecule has 2 fully saturated rings. The molecule has 35 heavy (non-hydrogen) atoms. The maximum Gasteiger partial charge on any atom is 0.251 e. The highest BCUT2D eigenvalue weighted by atomic mass is 32.1. The van der Waals surface area contributed by atoms with E-state index < -0.39 is 5.91 Å². The van der Waals surface area contributed by atoms with Crippen LogP contribution in [0.1, 0.15) is 36.0 Å². The molecule has 1 aliphatic carbocycles. The van der Waals surface area contributed by atoms with Gasteiger partial charge in [-0.15, -0.1) is 11.3 Å². The number of nitrogens with two attached hydrogens (primary N) is 1. The number of aliphatic hydroxyl groups is 1. The Morgan fingerprint density at radius 1 is 1.20 bits per heavy atom. The molecule has 1 saturated carbocycles. The van der Waals surface area contributed by atoms with Gasteiger partial charge in [0.05, 0.1) is 29.6 Å². The number of carbonyl (C=O) groups excluding carboxylic acids is 1. The molecule has 186 valence electrons. The Hall–Kier alpha value is -2.72. The minimum Gasteiger partial charge on any atom is -0.492 e. The third-order valence-corrected chi connectivity index (χ3v) is 7.99. The van der Waals surface area contributed by atoms with Crippen LogP contribution in [0.3, 0.4) is 0 Å². The molecular formula is C26H32N4O4S. The Balaban J connectivity index is 1.32. The standard InChI is InChI=1S/C26H32N4O4S/c27-25(32)22-16-28-26(29-18-3-5-19(31)6-4-18)21-15-23(35-24(21)22)17-1-7-20(8-2-17)34-14-11-30-9-12-33-13-10-30/h1-2,7-8,15-16,18-19,31H,3-6,9-14H2,(H2,27,32)(H,28,29). The number of aliphatic hydroxyl groups excluding tert-OH is 1. The first-order valence-corrected chi connectivity index (χ1v) is 13.1. The molecule has 0 atom stereocenters. The van der Waals surface area contributed by atoms with Gasteiger partial charge in [0, 0.05) is 42.1 Å². The van der Waals surface area contributed by atoms with E-state index in [4.69, 9.17) is 15.2 Å². The van der Waals surface area contributed by atoms with E-state index >= 15 is 0 Å². The van der Waals surface area contributed by atoms with Gasteiger partial charge in [-0.3, -0.25) is 9.69 Å². The number of aromatic nitrogens is 1. The fourth-order valence-corrected chi connectivity index (χ4v) is 5.88. The summed E-state index contributed by atoms with van der Waals surface area (Å²) in [6.07, 6.45) is 4.72. The summed E-state index contributed by atoms with van der Waals surface area (Å²) in [6, 6.07) is 10.4. The van der Waals surface area contributed by atoms with Crippen LogP contribution in [-0.4, -0.2) is 72.5 Å². The Kier molecular flexibility index (Phi) is 7.48. The van der Waals surface area contributed by atoms with Gasteiger partial charge in [-0.25, -0.2) is 4.98 Å². The van der Waals surface area contributed by atoms with E-state index in [0.29, 0.717) is 12.2 Å². The predicted molar refractivity (Wildman–Crippen MR) is 138 cm³/mol. The molecule has 3 aromatic rings. The number of benzene rings is 1. The lowest BCUT2D eigenvalue weighted by atomic mass is 9.93. The summed E-state index contributed by atoms with van der Waals surface area (Å²) in [7, 11) is 0. The molecule has 3 heterocycles. The number of fused-ring (bicyclic) bond motifs is 1. The number of ether oxygens (including phenoxy) is 2. The lowest BCUT2D eigenvalue weighted by Crippen LogP contribution is -2.38. The number of amides is 1. The number of rotatable bonds is 8. The maximum absolute atomic E-state index is 12.1. The highest BCUT2D eigenvalue weighted by Gasteiger charge is 2.22. The number of primary amides is 1. The molecule has 0 bridgehead atoms. The van der Waals surface area contributed by atoms with Crippen molar-refractivity contribution in [2.24, 2.45) is 5.73 Å². The van der Waals surface area contributed by atoms with Crippen molar-refractivity contribution in [2.45, 2.75) is 37.8 Å². The molecule has 1 amide bonds. The summed E-state index contributed by atoms with van der Waals surface area (Å²) in [6.45, 7) is 5.02. The molecule has 4 N–H and O–H groups in total. The average Bonchev–Trinajstić information content (AvgIpc) is 3.32. The molecule has 0 unspecified atom stereocenters. The smallest absolute Gasteiger partial charge is 0.251 e. The number of hydrogen-bond acceptors (Lipinski definition) is 8. The monoisotopic (exact) mass is 496 g/mol. The molecule has 1 aromatic carbocycles. The van der Waals surface area contributed by atoms with Crippen molar-refractivity contribution in [3.05, 3.63) is 42.1 Å². The Morgan fingerprint density at radius 3 is 2.66 bits per heavy atom. The highest BCUT2D eigenvalue weighted by Crippen LogP contribution is 2.39. The third-order valence-electron chi connectivity index (χ3n) is 6.78. The fourth-order valence-electron chi connectivity index (χ4n) is 4.70. The van der Waals surface area contributed by atoms with Crippen molar-refractivity contribution in [1.82, 2.24) is 9.88 Å². The molecule has 9 heteroatoms. The van der Waals surface area contributed by atoms with Gasteiger partial charge in [-0.05, 0) is 61.6 Å². The van der Waals surface area contributed by atoms with Crippen molar-refractivity contribution < 1.29 is 19.4 Å². The Morgan fingerprint density at radius 2 is 1.94 bits per heavy atom. The number of nitrogens with one attached hydrogen (secondary N) is 1. The van der Waals surface area contributed by atoms with Crippen LogP contribution >= 0.6 is 11.3 Å². The van der Waals surface area contributed by atoms with Crippen LogP contribution in [0, 0.1) is 0 Å². The van der Waals surface area contributed by atoms with E-state index in [1.54, 1.807) is 17.5 Å². The highest BCUT2D eigenvalue weighted by molar-refractivity contribution is 7.22. The summed E-state index contributed by atoms with van der Waals surface area (Å²) >= 11 is 1.54. The van der Waals surface area contributed by atoms with Crippen molar-refractivity contribution in [2.75, 3.05) is 44.8 Å².